The zero-order valence-corrected chi connectivity index (χ0v) is 21.1. The van der Waals surface area contributed by atoms with Gasteiger partial charge in [-0.15, -0.1) is 0 Å². The molecule has 0 unspecified atom stereocenters. The number of pyridine rings is 1. The summed E-state index contributed by atoms with van der Waals surface area (Å²) in [4.78, 5) is 4.70. The van der Waals surface area contributed by atoms with Gasteiger partial charge in [0, 0.05) is 11.8 Å². The summed E-state index contributed by atoms with van der Waals surface area (Å²) in [5.74, 6) is 1.77. The van der Waals surface area contributed by atoms with Crippen LogP contribution in [-0.2, 0) is 6.42 Å². The van der Waals surface area contributed by atoms with E-state index in [1.54, 1.807) is 0 Å². The molecular formula is C30H47NO. The smallest absolute Gasteiger partial charge is 0.119 e. The molecule has 1 aromatic carbocycles. The minimum atomic E-state index is 0.810. The summed E-state index contributed by atoms with van der Waals surface area (Å²) < 4.78 is 5.97. The molecule has 0 aliphatic heterocycles. The molecule has 0 radical (unpaired) electrons. The fourth-order valence-electron chi connectivity index (χ4n) is 4.26. The lowest BCUT2D eigenvalue weighted by atomic mass is 9.98. The van der Waals surface area contributed by atoms with Crippen molar-refractivity contribution in [3.05, 3.63) is 48.2 Å². The summed E-state index contributed by atoms with van der Waals surface area (Å²) in [6, 6.07) is 12.8. The fraction of sp³-hybridized carbons (Fsp3) is 0.633. The van der Waals surface area contributed by atoms with Gasteiger partial charge in [0.15, 0.2) is 0 Å². The average Bonchev–Trinajstić information content (AvgIpc) is 2.83. The number of hydrogen-bond donors (Lipinski definition) is 0. The van der Waals surface area contributed by atoms with Crippen LogP contribution in [0.3, 0.4) is 0 Å². The second kappa shape index (κ2) is 16.8. The van der Waals surface area contributed by atoms with E-state index in [-0.39, 0.29) is 0 Å². The minimum Gasteiger partial charge on any atom is -0.494 e. The summed E-state index contributed by atoms with van der Waals surface area (Å²) >= 11 is 0. The fourth-order valence-corrected chi connectivity index (χ4v) is 4.26. The van der Waals surface area contributed by atoms with Crippen LogP contribution in [0.25, 0.3) is 11.3 Å². The summed E-state index contributed by atoms with van der Waals surface area (Å²) in [6.07, 6.45) is 20.5. The number of aryl methyl sites for hydroxylation is 1. The van der Waals surface area contributed by atoms with Crippen molar-refractivity contribution in [3.8, 4) is 17.0 Å². The standard InChI is InChI=1S/C30H47NO/c1-4-6-8-10-11-13-17-27-18-23-30(31-25-27)28-19-21-29(22-20-28)32-24-14-16-26(3)15-12-9-7-5-2/h18-23,25-26H,4-17,24H2,1-3H3/t26-/m1/s1. The third-order valence-corrected chi connectivity index (χ3v) is 6.45. The molecule has 0 amide bonds. The molecule has 2 heteroatoms. The molecule has 0 aliphatic carbocycles. The highest BCUT2D eigenvalue weighted by atomic mass is 16.5. The monoisotopic (exact) mass is 437 g/mol. The van der Waals surface area contributed by atoms with Crippen LogP contribution in [0, 0.1) is 5.92 Å². The Morgan fingerprint density at radius 2 is 1.38 bits per heavy atom. The number of aromatic nitrogens is 1. The molecule has 1 heterocycles. The lowest BCUT2D eigenvalue weighted by Gasteiger charge is -2.12. The van der Waals surface area contributed by atoms with Crippen LogP contribution in [0.4, 0.5) is 0 Å². The quantitative estimate of drug-likeness (QED) is 0.217. The van der Waals surface area contributed by atoms with E-state index in [9.17, 15) is 0 Å². The third kappa shape index (κ3) is 11.2. The van der Waals surface area contributed by atoms with Crippen molar-refractivity contribution in [2.24, 2.45) is 5.92 Å². The number of rotatable bonds is 18. The third-order valence-electron chi connectivity index (χ3n) is 6.45. The zero-order valence-electron chi connectivity index (χ0n) is 21.1. The Kier molecular flexibility index (Phi) is 13.8. The molecule has 0 aliphatic rings. The van der Waals surface area contributed by atoms with Gasteiger partial charge in [0.2, 0.25) is 0 Å². The van der Waals surface area contributed by atoms with E-state index >= 15 is 0 Å². The van der Waals surface area contributed by atoms with Gasteiger partial charge in [-0.1, -0.05) is 91.0 Å². The first-order chi connectivity index (χ1) is 15.7. The average molecular weight is 438 g/mol. The molecule has 2 rings (SSSR count). The Bertz CT molecular complexity index is 692. The van der Waals surface area contributed by atoms with Crippen LogP contribution in [0.5, 0.6) is 5.75 Å². The summed E-state index contributed by atoms with van der Waals surface area (Å²) in [7, 11) is 0. The van der Waals surface area contributed by atoms with Gasteiger partial charge in [-0.25, -0.2) is 0 Å². The molecule has 178 valence electrons. The van der Waals surface area contributed by atoms with E-state index in [1.807, 2.05) is 0 Å². The SMILES string of the molecule is CCCCCCCCc1ccc(-c2ccc(OCCC[C@H](C)CCCCCC)cc2)nc1. The first kappa shape index (κ1) is 26.4. The Morgan fingerprint density at radius 1 is 0.719 bits per heavy atom. The first-order valence-corrected chi connectivity index (χ1v) is 13.4. The van der Waals surface area contributed by atoms with Crippen molar-refractivity contribution in [2.45, 2.75) is 111 Å². The maximum absolute atomic E-state index is 5.97. The number of hydrogen-bond acceptors (Lipinski definition) is 2. The van der Waals surface area contributed by atoms with Crippen molar-refractivity contribution >= 4 is 0 Å². The minimum absolute atomic E-state index is 0.810. The Morgan fingerprint density at radius 3 is 2.06 bits per heavy atom. The van der Waals surface area contributed by atoms with E-state index in [1.165, 1.54) is 82.6 Å². The van der Waals surface area contributed by atoms with Gasteiger partial charge in [0.1, 0.15) is 5.75 Å². The van der Waals surface area contributed by atoms with Crippen LogP contribution in [-0.4, -0.2) is 11.6 Å². The second-order valence-electron chi connectivity index (χ2n) is 9.54. The van der Waals surface area contributed by atoms with Crippen LogP contribution in [0.15, 0.2) is 42.6 Å². The van der Waals surface area contributed by atoms with Crippen LogP contribution in [0.1, 0.15) is 110 Å². The number of unbranched alkanes of at least 4 members (excludes halogenated alkanes) is 8. The first-order valence-electron chi connectivity index (χ1n) is 13.4. The Balaban J connectivity index is 1.65. The lowest BCUT2D eigenvalue weighted by Crippen LogP contribution is -2.02. The molecule has 0 fully saturated rings. The van der Waals surface area contributed by atoms with Crippen molar-refractivity contribution in [1.82, 2.24) is 4.98 Å². The van der Waals surface area contributed by atoms with E-state index in [4.69, 9.17) is 9.72 Å². The van der Waals surface area contributed by atoms with Crippen molar-refractivity contribution < 1.29 is 4.74 Å². The molecule has 0 spiro atoms. The van der Waals surface area contributed by atoms with Gasteiger partial charge in [-0.2, -0.15) is 0 Å². The summed E-state index contributed by atoms with van der Waals surface area (Å²) in [5.41, 5.74) is 3.55. The molecule has 0 N–H and O–H groups in total. The predicted octanol–water partition coefficient (Wildman–Crippen LogP) is 9.42. The van der Waals surface area contributed by atoms with Gasteiger partial charge in [0.25, 0.3) is 0 Å². The van der Waals surface area contributed by atoms with Crippen molar-refractivity contribution in [3.63, 3.8) is 0 Å². The Labute approximate surface area is 198 Å². The molecule has 2 aromatic rings. The zero-order chi connectivity index (χ0) is 22.9. The van der Waals surface area contributed by atoms with Gasteiger partial charge in [0.05, 0.1) is 12.3 Å². The Hall–Kier alpha value is -1.83. The molecule has 32 heavy (non-hydrogen) atoms. The number of ether oxygens (including phenoxy) is 1. The van der Waals surface area contributed by atoms with Gasteiger partial charge in [-0.3, -0.25) is 4.98 Å². The largest absolute Gasteiger partial charge is 0.494 e. The van der Waals surface area contributed by atoms with Crippen LogP contribution in [0.2, 0.25) is 0 Å². The maximum atomic E-state index is 5.97. The van der Waals surface area contributed by atoms with E-state index < -0.39 is 0 Å². The van der Waals surface area contributed by atoms with Crippen molar-refractivity contribution in [2.75, 3.05) is 6.61 Å². The van der Waals surface area contributed by atoms with E-state index in [2.05, 4.69) is 63.4 Å². The normalized spacial score (nSPS) is 12.1. The molecule has 0 bridgehead atoms. The molecule has 1 aromatic heterocycles. The van der Waals surface area contributed by atoms with Crippen LogP contribution < -0.4 is 4.74 Å². The van der Waals surface area contributed by atoms with Gasteiger partial charge >= 0.3 is 0 Å². The molecule has 1 atom stereocenters. The van der Waals surface area contributed by atoms with E-state index in [0.717, 1.165) is 42.4 Å². The highest BCUT2D eigenvalue weighted by Crippen LogP contribution is 2.22. The van der Waals surface area contributed by atoms with Crippen molar-refractivity contribution in [1.29, 1.82) is 0 Å². The highest BCUT2D eigenvalue weighted by Gasteiger charge is 2.04. The summed E-state index contributed by atoms with van der Waals surface area (Å²) in [6.45, 7) is 7.74. The van der Waals surface area contributed by atoms with Gasteiger partial charge < -0.3 is 4.74 Å². The van der Waals surface area contributed by atoms with Gasteiger partial charge in [-0.05, 0) is 67.5 Å². The molecular weight excluding hydrogens is 390 g/mol. The second-order valence-corrected chi connectivity index (χ2v) is 9.54. The number of benzene rings is 1. The maximum Gasteiger partial charge on any atom is 0.119 e. The molecule has 2 nitrogen and oxygen atoms in total. The molecule has 0 saturated heterocycles. The highest BCUT2D eigenvalue weighted by molar-refractivity contribution is 5.60. The lowest BCUT2D eigenvalue weighted by molar-refractivity contribution is 0.291. The molecule has 0 saturated carbocycles. The topological polar surface area (TPSA) is 22.1 Å². The van der Waals surface area contributed by atoms with Crippen LogP contribution >= 0.6 is 0 Å². The predicted molar refractivity (Wildman–Crippen MR) is 139 cm³/mol. The number of nitrogens with zero attached hydrogens (tertiary/aromatic N) is 1. The summed E-state index contributed by atoms with van der Waals surface area (Å²) in [5, 5.41) is 0. The van der Waals surface area contributed by atoms with E-state index in [0.29, 0.717) is 0 Å².